The number of rotatable bonds is 6. The monoisotopic (exact) mass is 372 g/mol. The summed E-state index contributed by atoms with van der Waals surface area (Å²) < 4.78 is 33.8. The van der Waals surface area contributed by atoms with Gasteiger partial charge >= 0.3 is 16.2 Å². The number of hydroxylamine groups is 2. The molecule has 0 spiro atoms. The van der Waals surface area contributed by atoms with Gasteiger partial charge in [-0.15, -0.1) is 16.4 Å². The first kappa shape index (κ1) is 17.2. The Morgan fingerprint density at radius 3 is 2.88 bits per heavy atom. The van der Waals surface area contributed by atoms with Crippen molar-refractivity contribution in [3.05, 3.63) is 24.5 Å². The quantitative estimate of drug-likeness (QED) is 0.566. The molecule has 1 fully saturated rings. The van der Waals surface area contributed by atoms with Crippen molar-refractivity contribution in [2.75, 3.05) is 25.2 Å². The van der Waals surface area contributed by atoms with Crippen LogP contribution in [-0.2, 0) is 19.1 Å². The Morgan fingerprint density at radius 2 is 2.25 bits per heavy atom. The van der Waals surface area contributed by atoms with Crippen LogP contribution in [0, 0.1) is 0 Å². The molecule has 130 valence electrons. The summed E-state index contributed by atoms with van der Waals surface area (Å²) in [4.78, 5) is 17.6. The van der Waals surface area contributed by atoms with Gasteiger partial charge in [-0.3, -0.25) is 0 Å². The smallest absolute Gasteiger partial charge is 0.410 e. The standard InChI is InChI=1S/C14H18N3O5S2/c1-3-8-23-11-4-5-13-12(9-11)15-10-16(13)17(22-24(2,19)20)6-7-21-14(17)18/h4-5,9-10H,3,6-8H2,1-2H3/q+1. The third-order valence-electron chi connectivity index (χ3n) is 3.48. The van der Waals surface area contributed by atoms with Crippen molar-refractivity contribution in [3.63, 3.8) is 0 Å². The summed E-state index contributed by atoms with van der Waals surface area (Å²) in [5, 5.41) is 0. The number of thioether (sulfide) groups is 1. The van der Waals surface area contributed by atoms with Crippen LogP contribution in [0.15, 0.2) is 29.4 Å². The fraction of sp³-hybridized carbons (Fsp3) is 0.429. The zero-order chi connectivity index (χ0) is 17.4. The predicted octanol–water partition coefficient (Wildman–Crippen LogP) is 2.02. The third-order valence-corrected chi connectivity index (χ3v) is 5.20. The molecule has 1 amide bonds. The van der Waals surface area contributed by atoms with Gasteiger partial charge < -0.3 is 4.74 Å². The molecule has 24 heavy (non-hydrogen) atoms. The number of quaternary nitrogens is 1. The van der Waals surface area contributed by atoms with Gasteiger partial charge in [-0.1, -0.05) is 6.92 Å². The number of imidazole rings is 1. The van der Waals surface area contributed by atoms with Crippen molar-refractivity contribution >= 4 is 39.0 Å². The molecule has 0 bridgehead atoms. The molecule has 0 radical (unpaired) electrons. The molecule has 2 aromatic rings. The Balaban J connectivity index is 2.07. The number of ether oxygens (including phenoxy) is 1. The number of amides is 1. The molecular weight excluding hydrogens is 354 g/mol. The highest BCUT2D eigenvalue weighted by molar-refractivity contribution is 7.99. The molecule has 3 rings (SSSR count). The normalized spacial score (nSPS) is 21.3. The van der Waals surface area contributed by atoms with Gasteiger partial charge in [0.25, 0.3) is 0 Å². The Labute approximate surface area is 144 Å². The molecule has 0 aliphatic carbocycles. The zero-order valence-corrected chi connectivity index (χ0v) is 15.0. The molecule has 1 aliphatic rings. The number of carbonyl (C=O) groups is 1. The van der Waals surface area contributed by atoms with E-state index in [1.54, 1.807) is 17.8 Å². The van der Waals surface area contributed by atoms with Crippen molar-refractivity contribution in [2.24, 2.45) is 0 Å². The second kappa shape index (κ2) is 6.36. The number of aromatic nitrogens is 2. The average Bonchev–Trinajstić information content (AvgIpc) is 3.08. The fourth-order valence-electron chi connectivity index (χ4n) is 2.52. The Morgan fingerprint density at radius 1 is 1.46 bits per heavy atom. The Kier molecular flexibility index (Phi) is 4.56. The molecule has 0 N–H and O–H groups in total. The van der Waals surface area contributed by atoms with E-state index in [0.717, 1.165) is 23.3 Å². The van der Waals surface area contributed by atoms with E-state index in [2.05, 4.69) is 11.9 Å². The number of benzene rings is 1. The molecule has 8 nitrogen and oxygen atoms in total. The van der Waals surface area contributed by atoms with Crippen molar-refractivity contribution in [1.29, 1.82) is 0 Å². The second-order valence-corrected chi connectivity index (χ2v) is 8.13. The minimum atomic E-state index is -3.90. The predicted molar refractivity (Wildman–Crippen MR) is 90.4 cm³/mol. The van der Waals surface area contributed by atoms with Gasteiger partial charge in [-0.25, -0.2) is 4.98 Å². The largest absolute Gasteiger partial charge is 0.578 e. The van der Waals surface area contributed by atoms with Crippen LogP contribution in [0.2, 0.25) is 0 Å². The maximum Gasteiger partial charge on any atom is 0.578 e. The molecule has 1 aliphatic heterocycles. The maximum absolute atomic E-state index is 12.2. The number of fused-ring (bicyclic) bond motifs is 1. The number of hydrogen-bond donors (Lipinski definition) is 0. The summed E-state index contributed by atoms with van der Waals surface area (Å²) in [6, 6.07) is 5.63. The van der Waals surface area contributed by atoms with E-state index in [9.17, 15) is 13.2 Å². The van der Waals surface area contributed by atoms with Crippen molar-refractivity contribution in [2.45, 2.75) is 18.2 Å². The molecule has 1 aromatic carbocycles. The molecule has 0 saturated carbocycles. The van der Waals surface area contributed by atoms with Crippen LogP contribution < -0.4 is 4.76 Å². The van der Waals surface area contributed by atoms with Gasteiger partial charge in [0.15, 0.2) is 19.5 Å². The first-order valence-corrected chi connectivity index (χ1v) is 10.2. The molecule has 1 aromatic heterocycles. The molecule has 1 atom stereocenters. The van der Waals surface area contributed by atoms with E-state index in [-0.39, 0.29) is 13.2 Å². The van der Waals surface area contributed by atoms with E-state index in [1.807, 2.05) is 12.1 Å². The van der Waals surface area contributed by atoms with Crippen molar-refractivity contribution < 1.29 is 22.2 Å². The molecule has 10 heteroatoms. The van der Waals surface area contributed by atoms with E-state index in [1.165, 1.54) is 11.0 Å². The van der Waals surface area contributed by atoms with Gasteiger partial charge in [0.05, 0.1) is 11.8 Å². The number of nitrogens with zero attached hydrogens (tertiary/aromatic N) is 3. The molecular formula is C14H18N3O5S2+. The van der Waals surface area contributed by atoms with Crippen molar-refractivity contribution in [3.8, 4) is 0 Å². The van der Waals surface area contributed by atoms with Gasteiger partial charge in [-0.2, -0.15) is 13.2 Å². The summed E-state index contributed by atoms with van der Waals surface area (Å²) >= 11 is 1.71. The Hall–Kier alpha value is -1.62. The summed E-state index contributed by atoms with van der Waals surface area (Å²) in [5.74, 6) is 0.996. The van der Waals surface area contributed by atoms with Crippen LogP contribution in [0.5, 0.6) is 0 Å². The number of carbonyl (C=O) groups excluding carboxylic acids is 1. The van der Waals surface area contributed by atoms with Crippen LogP contribution in [0.25, 0.3) is 11.0 Å². The lowest BCUT2D eigenvalue weighted by Crippen LogP contribution is -2.59. The summed E-state index contributed by atoms with van der Waals surface area (Å²) in [6.45, 7) is 2.22. The molecule has 1 unspecified atom stereocenters. The van der Waals surface area contributed by atoms with Crippen LogP contribution in [0.4, 0.5) is 4.79 Å². The summed E-state index contributed by atoms with van der Waals surface area (Å²) in [7, 11) is -3.90. The topological polar surface area (TPSA) is 87.5 Å². The van der Waals surface area contributed by atoms with Gasteiger partial charge in [-0.05, 0) is 34.7 Å². The minimum absolute atomic E-state index is 0.0453. The lowest BCUT2D eigenvalue weighted by Gasteiger charge is -2.23. The number of cyclic esters (lactones) is 1. The highest BCUT2D eigenvalue weighted by Crippen LogP contribution is 2.27. The molecule has 1 saturated heterocycles. The SMILES string of the molecule is CCCSc1ccc2c(c1)ncn2[N+]1(OS(C)(=O)=O)CCOC1=O. The lowest BCUT2D eigenvalue weighted by atomic mass is 10.3. The van der Waals surface area contributed by atoms with Crippen LogP contribution in [-0.4, -0.2) is 49.3 Å². The van der Waals surface area contributed by atoms with Crippen LogP contribution in [0.3, 0.4) is 0 Å². The second-order valence-electron chi connectivity index (χ2n) is 5.41. The third kappa shape index (κ3) is 3.14. The fourth-order valence-corrected chi connectivity index (χ4v) is 3.97. The van der Waals surface area contributed by atoms with E-state index in [0.29, 0.717) is 11.0 Å². The van der Waals surface area contributed by atoms with Crippen LogP contribution in [0.1, 0.15) is 13.3 Å². The highest BCUT2D eigenvalue weighted by Gasteiger charge is 2.53. The highest BCUT2D eigenvalue weighted by atomic mass is 32.2. The first-order chi connectivity index (χ1) is 11.4. The maximum atomic E-state index is 12.2. The Bertz CT molecular complexity index is 880. The van der Waals surface area contributed by atoms with E-state index in [4.69, 9.17) is 9.02 Å². The van der Waals surface area contributed by atoms with Crippen molar-refractivity contribution in [1.82, 2.24) is 14.4 Å². The van der Waals surface area contributed by atoms with Gasteiger partial charge in [0, 0.05) is 9.65 Å². The summed E-state index contributed by atoms with van der Waals surface area (Å²) in [6.07, 6.45) is 2.57. The average molecular weight is 372 g/mol. The van der Waals surface area contributed by atoms with Gasteiger partial charge in [0.2, 0.25) is 0 Å². The minimum Gasteiger partial charge on any atom is -0.410 e. The van der Waals surface area contributed by atoms with Gasteiger partial charge in [0.1, 0.15) is 5.52 Å². The van der Waals surface area contributed by atoms with E-state index < -0.39 is 21.0 Å². The number of hydrogen-bond acceptors (Lipinski definition) is 7. The lowest BCUT2D eigenvalue weighted by molar-refractivity contribution is -0.0746. The molecule has 2 heterocycles. The van der Waals surface area contributed by atoms with E-state index >= 15 is 0 Å². The zero-order valence-electron chi connectivity index (χ0n) is 13.3. The summed E-state index contributed by atoms with van der Waals surface area (Å²) in [5.41, 5.74) is 1.25. The first-order valence-electron chi connectivity index (χ1n) is 7.43. The van der Waals surface area contributed by atoms with Crippen LogP contribution >= 0.6 is 11.8 Å².